The lowest BCUT2D eigenvalue weighted by atomic mass is 10.0. The molecule has 0 heterocycles. The highest BCUT2D eigenvalue weighted by molar-refractivity contribution is 5.91. The van der Waals surface area contributed by atoms with Gasteiger partial charge in [-0.1, -0.05) is 48.5 Å². The Balaban J connectivity index is 2.12. The Bertz CT molecular complexity index is 571. The molecule has 0 saturated heterocycles. The fourth-order valence-corrected chi connectivity index (χ4v) is 2.18. The normalized spacial score (nSPS) is 13.5. The summed E-state index contributed by atoms with van der Waals surface area (Å²) in [6.45, 7) is 1.48. The third kappa shape index (κ3) is 3.90. The van der Waals surface area contributed by atoms with E-state index in [0.717, 1.165) is 0 Å². The van der Waals surface area contributed by atoms with Gasteiger partial charge in [0.15, 0.2) is 0 Å². The van der Waals surface area contributed by atoms with Crippen molar-refractivity contribution in [1.29, 1.82) is 0 Å². The van der Waals surface area contributed by atoms with Gasteiger partial charge in [0.05, 0.1) is 6.54 Å². The zero-order valence-electron chi connectivity index (χ0n) is 11.9. The standard InChI is InChI=1S/C17H19NO3/c1-13(19)18(15-10-6-3-7-11-15)12-16(20)17(21)14-8-4-2-5-9-14/h2-11,16-17,20-21H,12H2,1H3/t16-,17-/m1/s1. The van der Waals surface area contributed by atoms with E-state index >= 15 is 0 Å². The lowest BCUT2D eigenvalue weighted by Crippen LogP contribution is -2.38. The summed E-state index contributed by atoms with van der Waals surface area (Å²) in [5.74, 6) is -0.180. The lowest BCUT2D eigenvalue weighted by molar-refractivity contribution is -0.117. The van der Waals surface area contributed by atoms with Crippen LogP contribution in [0.3, 0.4) is 0 Å². The minimum Gasteiger partial charge on any atom is -0.388 e. The Kier molecular flexibility index (Phi) is 5.09. The lowest BCUT2D eigenvalue weighted by Gasteiger charge is -2.26. The summed E-state index contributed by atoms with van der Waals surface area (Å²) in [5.41, 5.74) is 1.32. The third-order valence-electron chi connectivity index (χ3n) is 3.32. The second-order valence-electron chi connectivity index (χ2n) is 4.89. The van der Waals surface area contributed by atoms with Crippen molar-refractivity contribution < 1.29 is 15.0 Å². The van der Waals surface area contributed by atoms with E-state index in [-0.39, 0.29) is 12.5 Å². The molecule has 0 spiro atoms. The van der Waals surface area contributed by atoms with Gasteiger partial charge in [-0.25, -0.2) is 0 Å². The second-order valence-corrected chi connectivity index (χ2v) is 4.89. The van der Waals surface area contributed by atoms with Gasteiger partial charge in [0, 0.05) is 12.6 Å². The number of aliphatic hydroxyl groups is 2. The zero-order chi connectivity index (χ0) is 15.2. The third-order valence-corrected chi connectivity index (χ3v) is 3.32. The van der Waals surface area contributed by atoms with Crippen molar-refractivity contribution in [3.63, 3.8) is 0 Å². The average molecular weight is 285 g/mol. The molecular weight excluding hydrogens is 266 g/mol. The molecule has 0 fully saturated rings. The van der Waals surface area contributed by atoms with Crippen LogP contribution in [0, 0.1) is 0 Å². The first kappa shape index (κ1) is 15.2. The molecule has 2 aromatic carbocycles. The second kappa shape index (κ2) is 7.02. The van der Waals surface area contributed by atoms with Crippen LogP contribution < -0.4 is 4.90 Å². The first-order valence-electron chi connectivity index (χ1n) is 6.84. The summed E-state index contributed by atoms with van der Waals surface area (Å²) in [6, 6.07) is 18.0. The molecule has 110 valence electrons. The molecule has 21 heavy (non-hydrogen) atoms. The molecule has 2 aromatic rings. The zero-order valence-corrected chi connectivity index (χ0v) is 11.9. The predicted molar refractivity (Wildman–Crippen MR) is 81.9 cm³/mol. The number of hydrogen-bond donors (Lipinski definition) is 2. The summed E-state index contributed by atoms with van der Waals surface area (Å²) >= 11 is 0. The maximum absolute atomic E-state index is 11.8. The van der Waals surface area contributed by atoms with Gasteiger partial charge in [-0.15, -0.1) is 0 Å². The Hall–Kier alpha value is -2.17. The number of aliphatic hydroxyl groups excluding tert-OH is 2. The van der Waals surface area contributed by atoms with Crippen LogP contribution in [0.25, 0.3) is 0 Å². The summed E-state index contributed by atoms with van der Waals surface area (Å²) in [4.78, 5) is 13.2. The molecule has 0 aliphatic rings. The van der Waals surface area contributed by atoms with Gasteiger partial charge in [-0.05, 0) is 17.7 Å². The SMILES string of the molecule is CC(=O)N(C[C@@H](O)[C@H](O)c1ccccc1)c1ccccc1. The smallest absolute Gasteiger partial charge is 0.223 e. The maximum Gasteiger partial charge on any atom is 0.223 e. The van der Waals surface area contributed by atoms with Crippen molar-refractivity contribution in [2.24, 2.45) is 0 Å². The van der Waals surface area contributed by atoms with Crippen molar-refractivity contribution >= 4 is 11.6 Å². The van der Waals surface area contributed by atoms with Gasteiger partial charge in [0.1, 0.15) is 12.2 Å². The quantitative estimate of drug-likeness (QED) is 0.884. The van der Waals surface area contributed by atoms with E-state index in [1.165, 1.54) is 11.8 Å². The van der Waals surface area contributed by atoms with Crippen LogP contribution in [0.4, 0.5) is 5.69 Å². The van der Waals surface area contributed by atoms with Gasteiger partial charge in [0.25, 0.3) is 0 Å². The van der Waals surface area contributed by atoms with E-state index in [1.807, 2.05) is 24.3 Å². The number of para-hydroxylation sites is 1. The van der Waals surface area contributed by atoms with Gasteiger partial charge >= 0.3 is 0 Å². The maximum atomic E-state index is 11.8. The highest BCUT2D eigenvalue weighted by atomic mass is 16.3. The Morgan fingerprint density at radius 1 is 1.00 bits per heavy atom. The molecule has 2 N–H and O–H groups in total. The van der Waals surface area contributed by atoms with Crippen molar-refractivity contribution in [1.82, 2.24) is 0 Å². The predicted octanol–water partition coefficient (Wildman–Crippen LogP) is 2.13. The Morgan fingerprint density at radius 2 is 1.52 bits per heavy atom. The Morgan fingerprint density at radius 3 is 2.05 bits per heavy atom. The molecule has 1 amide bonds. The minimum absolute atomic E-state index is 0.0371. The molecule has 4 nitrogen and oxygen atoms in total. The summed E-state index contributed by atoms with van der Waals surface area (Å²) in [5, 5.41) is 20.4. The molecule has 4 heteroatoms. The van der Waals surface area contributed by atoms with E-state index in [9.17, 15) is 15.0 Å². The van der Waals surface area contributed by atoms with E-state index in [2.05, 4.69) is 0 Å². The molecule has 2 rings (SSSR count). The van der Waals surface area contributed by atoms with Crippen molar-refractivity contribution in [3.05, 3.63) is 66.2 Å². The summed E-state index contributed by atoms with van der Waals surface area (Å²) in [7, 11) is 0. The van der Waals surface area contributed by atoms with Crippen LogP contribution in [-0.2, 0) is 4.79 Å². The molecule has 2 atom stereocenters. The summed E-state index contributed by atoms with van der Waals surface area (Å²) < 4.78 is 0. The largest absolute Gasteiger partial charge is 0.388 e. The fraction of sp³-hybridized carbons (Fsp3) is 0.235. The minimum atomic E-state index is -1.06. The van der Waals surface area contributed by atoms with Gasteiger partial charge in [-0.3, -0.25) is 4.79 Å². The number of hydrogen-bond acceptors (Lipinski definition) is 3. The van der Waals surface area contributed by atoms with Crippen LogP contribution >= 0.6 is 0 Å². The highest BCUT2D eigenvalue weighted by Gasteiger charge is 2.23. The number of carbonyl (C=O) groups excluding carboxylic acids is 1. The van der Waals surface area contributed by atoms with E-state index in [0.29, 0.717) is 11.3 Å². The van der Waals surface area contributed by atoms with Crippen LogP contribution in [-0.4, -0.2) is 28.8 Å². The monoisotopic (exact) mass is 285 g/mol. The van der Waals surface area contributed by atoms with Crippen LogP contribution in [0.15, 0.2) is 60.7 Å². The molecule has 0 aliphatic heterocycles. The van der Waals surface area contributed by atoms with E-state index < -0.39 is 12.2 Å². The molecule has 0 radical (unpaired) electrons. The highest BCUT2D eigenvalue weighted by Crippen LogP contribution is 2.20. The summed E-state index contributed by atoms with van der Waals surface area (Å²) in [6.07, 6.45) is -2.09. The Labute approximate surface area is 124 Å². The van der Waals surface area contributed by atoms with E-state index in [1.54, 1.807) is 36.4 Å². The van der Waals surface area contributed by atoms with Crippen molar-refractivity contribution in [2.45, 2.75) is 19.1 Å². The molecule has 0 aliphatic carbocycles. The van der Waals surface area contributed by atoms with Crippen LogP contribution in [0.1, 0.15) is 18.6 Å². The number of rotatable bonds is 5. The fourth-order valence-electron chi connectivity index (χ4n) is 2.18. The topological polar surface area (TPSA) is 60.8 Å². The van der Waals surface area contributed by atoms with E-state index in [4.69, 9.17) is 0 Å². The number of anilines is 1. The number of nitrogens with zero attached hydrogens (tertiary/aromatic N) is 1. The average Bonchev–Trinajstić information content (AvgIpc) is 2.53. The van der Waals surface area contributed by atoms with Gasteiger partial charge in [0.2, 0.25) is 5.91 Å². The van der Waals surface area contributed by atoms with Crippen LogP contribution in [0.2, 0.25) is 0 Å². The molecule has 0 saturated carbocycles. The number of carbonyl (C=O) groups is 1. The first-order valence-corrected chi connectivity index (χ1v) is 6.84. The van der Waals surface area contributed by atoms with Crippen molar-refractivity contribution in [3.8, 4) is 0 Å². The van der Waals surface area contributed by atoms with Gasteiger partial charge in [-0.2, -0.15) is 0 Å². The molecular formula is C17H19NO3. The number of amides is 1. The molecule has 0 bridgehead atoms. The van der Waals surface area contributed by atoms with Crippen LogP contribution in [0.5, 0.6) is 0 Å². The molecule has 0 unspecified atom stereocenters. The van der Waals surface area contributed by atoms with Gasteiger partial charge < -0.3 is 15.1 Å². The number of benzene rings is 2. The first-order chi connectivity index (χ1) is 10.1. The molecule has 0 aromatic heterocycles. The van der Waals surface area contributed by atoms with Crippen molar-refractivity contribution in [2.75, 3.05) is 11.4 Å².